The number of anilines is 1. The number of carbonyl (C=O) groups is 1. The molecule has 1 fully saturated rings. The quantitative estimate of drug-likeness (QED) is 0.883. The molecule has 0 aromatic carbocycles. The predicted molar refractivity (Wildman–Crippen MR) is 92.3 cm³/mol. The van der Waals surface area contributed by atoms with E-state index in [1.54, 1.807) is 6.07 Å². The second-order valence-corrected chi connectivity index (χ2v) is 6.59. The summed E-state index contributed by atoms with van der Waals surface area (Å²) in [4.78, 5) is 14.6. The summed E-state index contributed by atoms with van der Waals surface area (Å²) < 4.78 is 12.9. The van der Waals surface area contributed by atoms with Crippen LogP contribution in [-0.4, -0.2) is 57.6 Å². The van der Waals surface area contributed by atoms with Crippen LogP contribution in [0, 0.1) is 20.8 Å². The minimum Gasteiger partial charge on any atom is -0.374 e. The highest BCUT2D eigenvalue weighted by Crippen LogP contribution is 2.15. The first kappa shape index (κ1) is 17.6. The number of aromatic nitrogens is 3. The molecule has 2 atom stereocenters. The van der Waals surface area contributed by atoms with Gasteiger partial charge in [0.1, 0.15) is 0 Å². The van der Waals surface area contributed by atoms with E-state index < -0.39 is 0 Å². The second-order valence-electron chi connectivity index (χ2n) is 6.59. The first-order chi connectivity index (χ1) is 11.9. The van der Waals surface area contributed by atoms with Crippen molar-refractivity contribution in [2.75, 3.05) is 25.0 Å². The minimum atomic E-state index is -0.280. The maximum absolute atomic E-state index is 12.4. The zero-order chi connectivity index (χ0) is 18.0. The lowest BCUT2D eigenvalue weighted by Crippen LogP contribution is -2.51. The van der Waals surface area contributed by atoms with Gasteiger partial charge in [-0.05, 0) is 33.8 Å². The smallest absolute Gasteiger partial charge is 0.243 e. The fourth-order valence-corrected chi connectivity index (χ4v) is 3.07. The fourth-order valence-electron chi connectivity index (χ4n) is 3.07. The lowest BCUT2D eigenvalue weighted by molar-refractivity contribution is -0.124. The van der Waals surface area contributed by atoms with Gasteiger partial charge in [0.25, 0.3) is 0 Å². The summed E-state index contributed by atoms with van der Waals surface area (Å²) in [6, 6.07) is 3.48. The molecule has 25 heavy (non-hydrogen) atoms. The number of morpholine rings is 1. The highest BCUT2D eigenvalue weighted by Gasteiger charge is 2.29. The summed E-state index contributed by atoms with van der Waals surface area (Å²) in [6.45, 7) is 10.4. The van der Waals surface area contributed by atoms with E-state index in [1.807, 2.05) is 32.4 Å². The maximum Gasteiger partial charge on any atom is 0.243 e. The zero-order valence-electron chi connectivity index (χ0n) is 15.2. The van der Waals surface area contributed by atoms with Crippen LogP contribution >= 0.6 is 0 Å². The number of aryl methyl sites for hydroxylation is 3. The molecule has 3 rings (SSSR count). The van der Waals surface area contributed by atoms with E-state index in [0.29, 0.717) is 25.6 Å². The predicted octanol–water partition coefficient (Wildman–Crippen LogP) is 1.52. The van der Waals surface area contributed by atoms with Crippen molar-refractivity contribution in [3.05, 3.63) is 29.2 Å². The highest BCUT2D eigenvalue weighted by atomic mass is 16.5. The molecule has 0 unspecified atom stereocenters. The number of hydrogen-bond acceptors (Lipinski definition) is 6. The minimum absolute atomic E-state index is 0.00882. The molecule has 3 heterocycles. The second kappa shape index (κ2) is 7.37. The normalized spacial score (nSPS) is 19.8. The number of nitrogens with zero attached hydrogens (tertiary/aromatic N) is 4. The van der Waals surface area contributed by atoms with Crippen LogP contribution < -0.4 is 5.32 Å². The molecular weight excluding hydrogens is 322 g/mol. The Labute approximate surface area is 147 Å². The van der Waals surface area contributed by atoms with Crippen LogP contribution in [0.2, 0.25) is 0 Å². The Hall–Kier alpha value is -2.19. The molecule has 0 spiro atoms. The van der Waals surface area contributed by atoms with Crippen molar-refractivity contribution < 1.29 is 14.1 Å². The zero-order valence-corrected chi connectivity index (χ0v) is 15.2. The Morgan fingerprint density at radius 2 is 2.16 bits per heavy atom. The lowest BCUT2D eigenvalue weighted by atomic mass is 10.2. The van der Waals surface area contributed by atoms with Gasteiger partial charge in [-0.25, -0.2) is 0 Å². The molecule has 0 radical (unpaired) electrons. The molecule has 136 valence electrons. The van der Waals surface area contributed by atoms with Gasteiger partial charge in [0.15, 0.2) is 0 Å². The van der Waals surface area contributed by atoms with Gasteiger partial charge in [-0.1, -0.05) is 5.16 Å². The Bertz CT molecular complexity index is 738. The van der Waals surface area contributed by atoms with Gasteiger partial charge in [-0.2, -0.15) is 5.10 Å². The van der Waals surface area contributed by atoms with Gasteiger partial charge in [-0.15, -0.1) is 0 Å². The van der Waals surface area contributed by atoms with E-state index in [0.717, 1.165) is 23.6 Å². The fraction of sp³-hybridized carbons (Fsp3) is 0.588. The van der Waals surface area contributed by atoms with Crippen LogP contribution in [0.5, 0.6) is 0 Å². The largest absolute Gasteiger partial charge is 0.374 e. The van der Waals surface area contributed by atoms with Gasteiger partial charge >= 0.3 is 0 Å². The molecule has 8 heteroatoms. The van der Waals surface area contributed by atoms with Crippen molar-refractivity contribution in [3.8, 4) is 0 Å². The average molecular weight is 347 g/mol. The monoisotopic (exact) mass is 347 g/mol. The third-order valence-electron chi connectivity index (χ3n) is 4.45. The van der Waals surface area contributed by atoms with Gasteiger partial charge in [0.2, 0.25) is 11.8 Å². The van der Waals surface area contributed by atoms with Crippen molar-refractivity contribution >= 4 is 11.8 Å². The summed E-state index contributed by atoms with van der Waals surface area (Å²) in [5.41, 5.74) is 2.85. The highest BCUT2D eigenvalue weighted by molar-refractivity contribution is 5.93. The molecular formula is C17H25N5O3. The average Bonchev–Trinajstić information content (AvgIpc) is 3.11. The van der Waals surface area contributed by atoms with Crippen LogP contribution in [0.1, 0.15) is 24.0 Å². The van der Waals surface area contributed by atoms with Crippen molar-refractivity contribution in [1.29, 1.82) is 0 Å². The Balaban J connectivity index is 1.58. The van der Waals surface area contributed by atoms with E-state index in [-0.39, 0.29) is 18.1 Å². The van der Waals surface area contributed by atoms with E-state index >= 15 is 0 Å². The van der Waals surface area contributed by atoms with E-state index in [2.05, 4.69) is 26.5 Å². The first-order valence-electron chi connectivity index (χ1n) is 8.53. The van der Waals surface area contributed by atoms with Crippen molar-refractivity contribution in [2.24, 2.45) is 0 Å². The molecule has 1 aliphatic rings. The third-order valence-corrected chi connectivity index (χ3v) is 4.45. The molecule has 8 nitrogen and oxygen atoms in total. The van der Waals surface area contributed by atoms with Crippen molar-refractivity contribution in [3.63, 3.8) is 0 Å². The molecule has 1 saturated heterocycles. The molecule has 0 saturated carbocycles. The Kier molecular flexibility index (Phi) is 5.19. The number of amides is 1. The van der Waals surface area contributed by atoms with E-state index in [4.69, 9.17) is 9.26 Å². The SMILES string of the molecule is Cc1cc(NC(=O)[C@@H](C)N2CCO[C@H](Cn3nc(C)cc3C)C2)on1. The van der Waals surface area contributed by atoms with E-state index in [1.165, 1.54) is 0 Å². The Morgan fingerprint density at radius 1 is 1.36 bits per heavy atom. The number of ether oxygens (including phenoxy) is 1. The summed E-state index contributed by atoms with van der Waals surface area (Å²) >= 11 is 0. The Morgan fingerprint density at radius 3 is 2.80 bits per heavy atom. The number of rotatable bonds is 5. The van der Waals surface area contributed by atoms with Crippen LogP contribution in [-0.2, 0) is 16.1 Å². The van der Waals surface area contributed by atoms with Crippen LogP contribution in [0.3, 0.4) is 0 Å². The third kappa shape index (κ3) is 4.26. The molecule has 0 aliphatic carbocycles. The number of hydrogen-bond donors (Lipinski definition) is 1. The molecule has 0 bridgehead atoms. The lowest BCUT2D eigenvalue weighted by Gasteiger charge is -2.36. The summed E-state index contributed by atoms with van der Waals surface area (Å²) in [5, 5.41) is 11.0. The molecule has 2 aromatic rings. The molecule has 2 aromatic heterocycles. The maximum atomic E-state index is 12.4. The van der Waals surface area contributed by atoms with Crippen LogP contribution in [0.4, 0.5) is 5.88 Å². The van der Waals surface area contributed by atoms with E-state index in [9.17, 15) is 4.79 Å². The van der Waals surface area contributed by atoms with Crippen LogP contribution in [0.15, 0.2) is 16.7 Å². The van der Waals surface area contributed by atoms with Crippen molar-refractivity contribution in [2.45, 2.75) is 46.4 Å². The van der Waals surface area contributed by atoms with Gasteiger partial charge in [0.05, 0.1) is 36.7 Å². The molecule has 1 aliphatic heterocycles. The van der Waals surface area contributed by atoms with Gasteiger partial charge in [-0.3, -0.25) is 19.7 Å². The van der Waals surface area contributed by atoms with Gasteiger partial charge < -0.3 is 9.26 Å². The van der Waals surface area contributed by atoms with Gasteiger partial charge in [0, 0.05) is 24.8 Å². The summed E-state index contributed by atoms with van der Waals surface area (Å²) in [5.74, 6) is 0.268. The summed E-state index contributed by atoms with van der Waals surface area (Å²) in [6.07, 6.45) is 0.00882. The van der Waals surface area contributed by atoms with Crippen LogP contribution in [0.25, 0.3) is 0 Å². The summed E-state index contributed by atoms with van der Waals surface area (Å²) in [7, 11) is 0. The molecule has 1 amide bonds. The number of nitrogens with one attached hydrogen (secondary N) is 1. The standard InChI is InChI=1S/C17H25N5O3/c1-11-7-13(3)22(19-11)10-15-9-21(5-6-24-15)14(4)17(23)18-16-8-12(2)20-25-16/h7-8,14-15H,5-6,9-10H2,1-4H3,(H,18,23)/t14-,15+/m1/s1. The first-order valence-corrected chi connectivity index (χ1v) is 8.53. The molecule has 1 N–H and O–H groups in total. The van der Waals surface area contributed by atoms with Crippen molar-refractivity contribution in [1.82, 2.24) is 19.8 Å². The topological polar surface area (TPSA) is 85.4 Å². The number of carbonyl (C=O) groups excluding carboxylic acids is 1.